The number of hydrogen-bond donors (Lipinski definition) is 1. The van der Waals surface area contributed by atoms with Crippen molar-refractivity contribution in [1.82, 2.24) is 14.5 Å². The van der Waals surface area contributed by atoms with Crippen LogP contribution in [0.2, 0.25) is 0 Å². The number of fused-ring (bicyclic) bond motifs is 2. The van der Waals surface area contributed by atoms with Gasteiger partial charge in [-0.15, -0.1) is 0 Å². The molecular formula is C21H19N3O4. The van der Waals surface area contributed by atoms with Crippen LogP contribution in [0, 0.1) is 6.92 Å². The minimum atomic E-state index is -0.984. The molecule has 1 saturated heterocycles. The summed E-state index contributed by atoms with van der Waals surface area (Å²) in [5.74, 6) is 0.461. The zero-order valence-electron chi connectivity index (χ0n) is 15.4. The fourth-order valence-corrected chi connectivity index (χ4v) is 3.94. The lowest BCUT2D eigenvalue weighted by Crippen LogP contribution is -2.20. The molecule has 1 aliphatic heterocycles. The number of ether oxygens (including phenoxy) is 1. The Morgan fingerprint density at radius 3 is 2.71 bits per heavy atom. The first-order valence-corrected chi connectivity index (χ1v) is 9.31. The van der Waals surface area contributed by atoms with Crippen LogP contribution < -0.4 is 0 Å². The third-order valence-corrected chi connectivity index (χ3v) is 5.30. The van der Waals surface area contributed by atoms with Gasteiger partial charge >= 0.3 is 5.97 Å². The zero-order chi connectivity index (χ0) is 19.3. The van der Waals surface area contributed by atoms with Crippen LogP contribution in [0.1, 0.15) is 35.1 Å². The van der Waals surface area contributed by atoms with Crippen LogP contribution in [-0.2, 0) is 4.74 Å². The lowest BCUT2D eigenvalue weighted by Gasteiger charge is -2.25. The second-order valence-electron chi connectivity index (χ2n) is 7.08. The fourth-order valence-electron chi connectivity index (χ4n) is 3.94. The Bertz CT molecular complexity index is 1200. The summed E-state index contributed by atoms with van der Waals surface area (Å²) in [6, 6.07) is 11.1. The largest absolute Gasteiger partial charge is 0.478 e. The Hall–Kier alpha value is -3.19. The van der Waals surface area contributed by atoms with Crippen molar-refractivity contribution in [2.45, 2.75) is 25.8 Å². The summed E-state index contributed by atoms with van der Waals surface area (Å²) < 4.78 is 13.6. The number of carbonyl (C=O) groups is 1. The van der Waals surface area contributed by atoms with Gasteiger partial charge in [-0.1, -0.05) is 0 Å². The molecule has 4 aromatic rings. The highest BCUT2D eigenvalue weighted by atomic mass is 16.5. The number of aryl methyl sites for hydroxylation is 1. The molecule has 142 valence electrons. The molecule has 7 heteroatoms. The lowest BCUT2D eigenvalue weighted by molar-refractivity contribution is 0.0695. The highest BCUT2D eigenvalue weighted by molar-refractivity contribution is 5.92. The van der Waals surface area contributed by atoms with Gasteiger partial charge in [0, 0.05) is 24.8 Å². The number of rotatable bonds is 3. The molecule has 0 radical (unpaired) electrons. The van der Waals surface area contributed by atoms with E-state index in [1.807, 2.05) is 19.1 Å². The predicted molar refractivity (Wildman–Crippen MR) is 104 cm³/mol. The number of benzene rings is 2. The van der Waals surface area contributed by atoms with Gasteiger partial charge in [-0.3, -0.25) is 0 Å². The number of carboxylic acids is 1. The van der Waals surface area contributed by atoms with Crippen LogP contribution in [-0.4, -0.2) is 38.8 Å². The standard InChI is InChI=1S/C21H19N3O4/c1-12-22-16-10-13(2-4-18(16)24(12)15-6-8-27-9-7-15)20-23-17-11-14(21(25)26)3-5-19(17)28-20/h2-5,10-11,15H,6-9H2,1H3,(H,25,26). The van der Waals surface area contributed by atoms with Crippen molar-refractivity contribution in [2.75, 3.05) is 13.2 Å². The molecule has 2 aromatic carbocycles. The van der Waals surface area contributed by atoms with Crippen molar-refractivity contribution in [3.8, 4) is 11.5 Å². The fraction of sp³-hybridized carbons (Fsp3) is 0.286. The Morgan fingerprint density at radius 1 is 1.11 bits per heavy atom. The molecule has 1 N–H and O–H groups in total. The van der Waals surface area contributed by atoms with Gasteiger partial charge in [-0.05, 0) is 56.2 Å². The quantitative estimate of drug-likeness (QED) is 0.575. The van der Waals surface area contributed by atoms with E-state index in [0.717, 1.165) is 48.5 Å². The SMILES string of the molecule is Cc1nc2cc(-c3nc4cc(C(=O)O)ccc4o3)ccc2n1C1CCOCC1. The topological polar surface area (TPSA) is 90.4 Å². The van der Waals surface area contributed by atoms with Crippen LogP contribution in [0.4, 0.5) is 0 Å². The summed E-state index contributed by atoms with van der Waals surface area (Å²) in [4.78, 5) is 20.4. The van der Waals surface area contributed by atoms with Crippen LogP contribution >= 0.6 is 0 Å². The molecule has 0 unspecified atom stereocenters. The smallest absolute Gasteiger partial charge is 0.335 e. The third kappa shape index (κ3) is 2.75. The summed E-state index contributed by atoms with van der Waals surface area (Å²) in [7, 11) is 0. The molecule has 0 saturated carbocycles. The van der Waals surface area contributed by atoms with Crippen LogP contribution in [0.25, 0.3) is 33.6 Å². The van der Waals surface area contributed by atoms with Crippen LogP contribution in [0.5, 0.6) is 0 Å². The molecule has 0 spiro atoms. The van der Waals surface area contributed by atoms with Gasteiger partial charge in [0.25, 0.3) is 0 Å². The minimum absolute atomic E-state index is 0.189. The second-order valence-corrected chi connectivity index (χ2v) is 7.08. The van der Waals surface area contributed by atoms with E-state index in [0.29, 0.717) is 23.0 Å². The Morgan fingerprint density at radius 2 is 1.93 bits per heavy atom. The molecule has 0 bridgehead atoms. The maximum Gasteiger partial charge on any atom is 0.335 e. The number of nitrogens with zero attached hydrogens (tertiary/aromatic N) is 3. The van der Waals surface area contributed by atoms with E-state index in [1.165, 1.54) is 12.1 Å². The first kappa shape index (κ1) is 16.9. The highest BCUT2D eigenvalue weighted by Crippen LogP contribution is 2.31. The van der Waals surface area contributed by atoms with E-state index in [2.05, 4.69) is 15.6 Å². The van der Waals surface area contributed by atoms with Crippen molar-refractivity contribution >= 4 is 28.1 Å². The summed E-state index contributed by atoms with van der Waals surface area (Å²) in [5, 5.41) is 9.15. The molecule has 2 aromatic heterocycles. The first-order valence-electron chi connectivity index (χ1n) is 9.31. The average Bonchev–Trinajstić information content (AvgIpc) is 3.27. The average molecular weight is 377 g/mol. The summed E-state index contributed by atoms with van der Waals surface area (Å²) in [5.41, 5.74) is 4.08. The van der Waals surface area contributed by atoms with E-state index in [9.17, 15) is 4.79 Å². The molecule has 1 fully saturated rings. The number of oxazole rings is 1. The van der Waals surface area contributed by atoms with E-state index in [1.54, 1.807) is 6.07 Å². The van der Waals surface area contributed by atoms with Crippen molar-refractivity contribution in [3.63, 3.8) is 0 Å². The molecule has 3 heterocycles. The van der Waals surface area contributed by atoms with Crippen LogP contribution in [0.15, 0.2) is 40.8 Å². The number of aromatic nitrogens is 3. The molecule has 0 aliphatic carbocycles. The molecule has 0 atom stereocenters. The zero-order valence-corrected chi connectivity index (χ0v) is 15.4. The van der Waals surface area contributed by atoms with E-state index < -0.39 is 5.97 Å². The molecule has 1 aliphatic rings. The van der Waals surface area contributed by atoms with Crippen molar-refractivity contribution in [3.05, 3.63) is 47.8 Å². The molecular weight excluding hydrogens is 358 g/mol. The number of aromatic carboxylic acids is 1. The Labute approximate surface area is 160 Å². The van der Waals surface area contributed by atoms with Crippen molar-refractivity contribution in [2.24, 2.45) is 0 Å². The van der Waals surface area contributed by atoms with Crippen molar-refractivity contribution < 1.29 is 19.1 Å². The number of carboxylic acid groups (broad SMARTS) is 1. The minimum Gasteiger partial charge on any atom is -0.478 e. The molecule has 5 rings (SSSR count). The lowest BCUT2D eigenvalue weighted by atomic mass is 10.1. The predicted octanol–water partition coefficient (Wildman–Crippen LogP) is 4.20. The van der Waals surface area contributed by atoms with Gasteiger partial charge in [-0.2, -0.15) is 0 Å². The van der Waals surface area contributed by atoms with Gasteiger partial charge in [0.2, 0.25) is 5.89 Å². The normalized spacial score (nSPS) is 15.5. The second kappa shape index (κ2) is 6.45. The number of hydrogen-bond acceptors (Lipinski definition) is 5. The first-order chi connectivity index (χ1) is 13.6. The van der Waals surface area contributed by atoms with Gasteiger partial charge in [0.15, 0.2) is 5.58 Å². The summed E-state index contributed by atoms with van der Waals surface area (Å²) in [6.07, 6.45) is 1.98. The molecule has 0 amide bonds. The van der Waals surface area contributed by atoms with Gasteiger partial charge in [0.05, 0.1) is 16.6 Å². The maximum absolute atomic E-state index is 11.2. The third-order valence-electron chi connectivity index (χ3n) is 5.30. The van der Waals surface area contributed by atoms with E-state index in [-0.39, 0.29) is 5.56 Å². The van der Waals surface area contributed by atoms with Crippen LogP contribution in [0.3, 0.4) is 0 Å². The Balaban J connectivity index is 1.56. The molecule has 7 nitrogen and oxygen atoms in total. The monoisotopic (exact) mass is 377 g/mol. The van der Waals surface area contributed by atoms with Gasteiger partial charge in [-0.25, -0.2) is 14.8 Å². The summed E-state index contributed by atoms with van der Waals surface area (Å²) in [6.45, 7) is 3.59. The van der Waals surface area contributed by atoms with Gasteiger partial charge in [0.1, 0.15) is 11.3 Å². The Kier molecular flexibility index (Phi) is 3.91. The highest BCUT2D eigenvalue weighted by Gasteiger charge is 2.21. The van der Waals surface area contributed by atoms with E-state index in [4.69, 9.17) is 19.2 Å². The van der Waals surface area contributed by atoms with Gasteiger partial charge < -0.3 is 18.8 Å². The maximum atomic E-state index is 11.2. The number of imidazole rings is 1. The van der Waals surface area contributed by atoms with E-state index >= 15 is 0 Å². The van der Waals surface area contributed by atoms with Crippen molar-refractivity contribution in [1.29, 1.82) is 0 Å². The summed E-state index contributed by atoms with van der Waals surface area (Å²) >= 11 is 0. The molecule has 28 heavy (non-hydrogen) atoms.